The van der Waals surface area contributed by atoms with Gasteiger partial charge in [-0.25, -0.2) is 9.78 Å². The third-order valence-electron chi connectivity index (χ3n) is 3.17. The molecule has 0 spiro atoms. The molecule has 1 unspecified atom stereocenters. The van der Waals surface area contributed by atoms with Gasteiger partial charge in [0.25, 0.3) is 0 Å². The summed E-state index contributed by atoms with van der Waals surface area (Å²) >= 11 is 3.10. The number of aliphatic carboxylic acids is 1. The van der Waals surface area contributed by atoms with E-state index in [2.05, 4.69) is 20.5 Å². The van der Waals surface area contributed by atoms with E-state index in [9.17, 15) is 14.7 Å². The number of hydrogen-bond donors (Lipinski definition) is 3. The van der Waals surface area contributed by atoms with Crippen molar-refractivity contribution >= 4 is 35.0 Å². The lowest BCUT2D eigenvalue weighted by Gasteiger charge is -2.14. The van der Waals surface area contributed by atoms with Crippen molar-refractivity contribution < 1.29 is 14.7 Å². The number of rotatable bonds is 7. The minimum Gasteiger partial charge on any atom is -0.479 e. The molecule has 7 nitrogen and oxygen atoms in total. The summed E-state index contributed by atoms with van der Waals surface area (Å²) in [7, 11) is 0. The fraction of sp³-hybridized carbons (Fsp3) is 0.429. The number of carboxylic acids is 1. The quantitative estimate of drug-likeness (QED) is 0.657. The zero-order valence-electron chi connectivity index (χ0n) is 13.0. The van der Waals surface area contributed by atoms with Crippen LogP contribution in [0.4, 0.5) is 0 Å². The third-order valence-corrected chi connectivity index (χ3v) is 5.12. The molecule has 0 aliphatic carbocycles. The summed E-state index contributed by atoms with van der Waals surface area (Å²) in [4.78, 5) is 28.0. The Bertz CT molecular complexity index is 691. The number of aryl methyl sites for hydroxylation is 2. The Kier molecular flexibility index (Phi) is 5.78. The summed E-state index contributed by atoms with van der Waals surface area (Å²) in [5.74, 6) is -0.582. The maximum absolute atomic E-state index is 12.2. The summed E-state index contributed by atoms with van der Waals surface area (Å²) in [6.07, 6.45) is 0.0561. The number of carboxylic acid groups (broad SMARTS) is 1. The molecule has 124 valence electrons. The first-order valence-corrected chi connectivity index (χ1v) is 8.89. The summed E-state index contributed by atoms with van der Waals surface area (Å²) in [5.41, 5.74) is 2.33. The van der Waals surface area contributed by atoms with Gasteiger partial charge in [-0.15, -0.1) is 11.3 Å². The van der Waals surface area contributed by atoms with E-state index in [4.69, 9.17) is 0 Å². The second-order valence-corrected chi connectivity index (χ2v) is 7.27. The summed E-state index contributed by atoms with van der Waals surface area (Å²) in [6, 6.07) is -1.12. The number of carbonyl (C=O) groups excluding carboxylic acids is 1. The highest BCUT2D eigenvalue weighted by molar-refractivity contribution is 8.00. The molecule has 0 bridgehead atoms. The predicted octanol–water partition coefficient (Wildman–Crippen LogP) is 2.08. The van der Waals surface area contributed by atoms with Gasteiger partial charge in [0.15, 0.2) is 6.04 Å². The minimum atomic E-state index is -1.12. The monoisotopic (exact) mass is 354 g/mol. The van der Waals surface area contributed by atoms with Crippen molar-refractivity contribution in [1.82, 2.24) is 20.5 Å². The van der Waals surface area contributed by atoms with Crippen molar-refractivity contribution in [2.75, 3.05) is 5.75 Å². The second-order valence-electron chi connectivity index (χ2n) is 4.90. The van der Waals surface area contributed by atoms with Gasteiger partial charge in [-0.3, -0.25) is 9.89 Å². The van der Waals surface area contributed by atoms with Gasteiger partial charge < -0.3 is 10.4 Å². The summed E-state index contributed by atoms with van der Waals surface area (Å²) in [5, 5.41) is 20.5. The van der Waals surface area contributed by atoms with E-state index in [1.807, 2.05) is 12.3 Å². The SMILES string of the molecule is CCSc1nc(CC(=O)NC(C(=O)O)c2c(C)n[nH]c2C)cs1. The topological polar surface area (TPSA) is 108 Å². The molecular formula is C14H18N4O3S2. The first-order chi connectivity index (χ1) is 10.9. The number of aromatic nitrogens is 3. The maximum Gasteiger partial charge on any atom is 0.331 e. The lowest BCUT2D eigenvalue weighted by molar-refractivity contribution is -0.142. The molecule has 2 aromatic rings. The smallest absolute Gasteiger partial charge is 0.331 e. The van der Waals surface area contributed by atoms with Crippen LogP contribution in [0.3, 0.4) is 0 Å². The third kappa shape index (κ3) is 4.32. The van der Waals surface area contributed by atoms with E-state index in [0.29, 0.717) is 22.6 Å². The molecule has 9 heteroatoms. The van der Waals surface area contributed by atoms with Gasteiger partial charge in [0.2, 0.25) is 5.91 Å². The molecule has 1 atom stereocenters. The van der Waals surface area contributed by atoms with Gasteiger partial charge in [-0.1, -0.05) is 18.7 Å². The van der Waals surface area contributed by atoms with Crippen LogP contribution in [0.2, 0.25) is 0 Å². The van der Waals surface area contributed by atoms with E-state index in [1.54, 1.807) is 25.6 Å². The Labute approximate surface area is 141 Å². The van der Waals surface area contributed by atoms with Gasteiger partial charge in [0.1, 0.15) is 4.34 Å². The molecular weight excluding hydrogens is 336 g/mol. The minimum absolute atomic E-state index is 0.0561. The predicted molar refractivity (Wildman–Crippen MR) is 88.8 cm³/mol. The largest absolute Gasteiger partial charge is 0.479 e. The lowest BCUT2D eigenvalue weighted by atomic mass is 10.0. The first kappa shape index (κ1) is 17.5. The average molecular weight is 354 g/mol. The zero-order chi connectivity index (χ0) is 17.0. The van der Waals surface area contributed by atoms with Gasteiger partial charge in [0.05, 0.1) is 17.8 Å². The van der Waals surface area contributed by atoms with Crippen molar-refractivity contribution in [2.45, 2.75) is 37.6 Å². The van der Waals surface area contributed by atoms with Gasteiger partial charge in [-0.05, 0) is 19.6 Å². The summed E-state index contributed by atoms with van der Waals surface area (Å²) in [6.45, 7) is 5.47. The molecule has 0 saturated heterocycles. The van der Waals surface area contributed by atoms with E-state index in [-0.39, 0.29) is 12.3 Å². The molecule has 0 aliphatic heterocycles. The van der Waals surface area contributed by atoms with E-state index < -0.39 is 12.0 Å². The number of thioether (sulfide) groups is 1. The molecule has 2 rings (SSSR count). The van der Waals surface area contributed by atoms with Crippen molar-refractivity contribution in [3.05, 3.63) is 28.0 Å². The zero-order valence-corrected chi connectivity index (χ0v) is 14.7. The Morgan fingerprint density at radius 3 is 2.78 bits per heavy atom. The Hall–Kier alpha value is -1.87. The van der Waals surface area contributed by atoms with E-state index >= 15 is 0 Å². The van der Waals surface area contributed by atoms with E-state index in [1.165, 1.54) is 11.3 Å². The number of H-pyrrole nitrogens is 1. The molecule has 0 aromatic carbocycles. The number of aromatic amines is 1. The Balaban J connectivity index is 2.08. The van der Waals surface area contributed by atoms with Crippen LogP contribution in [0.25, 0.3) is 0 Å². The average Bonchev–Trinajstić information content (AvgIpc) is 3.04. The van der Waals surface area contributed by atoms with Crippen molar-refractivity contribution in [3.63, 3.8) is 0 Å². The van der Waals surface area contributed by atoms with Gasteiger partial charge in [0, 0.05) is 16.6 Å². The van der Waals surface area contributed by atoms with Crippen LogP contribution in [0.5, 0.6) is 0 Å². The number of nitrogens with one attached hydrogen (secondary N) is 2. The standard InChI is InChI=1S/C14H18N4O3S2/c1-4-22-14-15-9(6-23-14)5-10(19)16-12(13(20)21)11-7(2)17-18-8(11)3/h6,12H,4-5H2,1-3H3,(H,16,19)(H,17,18)(H,20,21). The number of carbonyl (C=O) groups is 2. The van der Waals surface area contributed by atoms with Crippen molar-refractivity contribution in [1.29, 1.82) is 0 Å². The molecule has 0 saturated carbocycles. The highest BCUT2D eigenvalue weighted by Gasteiger charge is 2.27. The molecule has 1 amide bonds. The molecule has 0 radical (unpaired) electrons. The van der Waals surface area contributed by atoms with Crippen LogP contribution >= 0.6 is 23.1 Å². The number of amides is 1. The molecule has 2 heterocycles. The van der Waals surface area contributed by atoms with Gasteiger partial charge in [-0.2, -0.15) is 5.10 Å². The fourth-order valence-electron chi connectivity index (χ4n) is 2.18. The van der Waals surface area contributed by atoms with Crippen LogP contribution in [0.15, 0.2) is 9.72 Å². The molecule has 3 N–H and O–H groups in total. The number of hydrogen-bond acceptors (Lipinski definition) is 6. The maximum atomic E-state index is 12.2. The first-order valence-electron chi connectivity index (χ1n) is 7.03. The van der Waals surface area contributed by atoms with Crippen molar-refractivity contribution in [2.24, 2.45) is 0 Å². The number of thiazole rings is 1. The highest BCUT2D eigenvalue weighted by atomic mass is 32.2. The van der Waals surface area contributed by atoms with Crippen LogP contribution in [0.1, 0.15) is 35.6 Å². The lowest BCUT2D eigenvalue weighted by Crippen LogP contribution is -2.35. The van der Waals surface area contributed by atoms with Crippen LogP contribution < -0.4 is 5.32 Å². The molecule has 23 heavy (non-hydrogen) atoms. The summed E-state index contributed by atoms with van der Waals surface area (Å²) < 4.78 is 0.909. The fourth-order valence-corrected chi connectivity index (χ4v) is 3.92. The molecule has 0 fully saturated rings. The molecule has 0 aliphatic rings. The van der Waals surface area contributed by atoms with Crippen LogP contribution in [0, 0.1) is 13.8 Å². The second kappa shape index (κ2) is 7.60. The Morgan fingerprint density at radius 2 is 2.22 bits per heavy atom. The molecule has 2 aromatic heterocycles. The highest BCUT2D eigenvalue weighted by Crippen LogP contribution is 2.23. The normalized spacial score (nSPS) is 12.1. The Morgan fingerprint density at radius 1 is 1.48 bits per heavy atom. The van der Waals surface area contributed by atoms with Gasteiger partial charge >= 0.3 is 5.97 Å². The number of nitrogens with zero attached hydrogens (tertiary/aromatic N) is 2. The van der Waals surface area contributed by atoms with Crippen LogP contribution in [-0.4, -0.2) is 37.9 Å². The van der Waals surface area contributed by atoms with Crippen molar-refractivity contribution in [3.8, 4) is 0 Å². The van der Waals surface area contributed by atoms with E-state index in [0.717, 1.165) is 10.1 Å². The van der Waals surface area contributed by atoms with Crippen LogP contribution in [-0.2, 0) is 16.0 Å².